The van der Waals surface area contributed by atoms with Gasteiger partial charge in [-0.05, 0) is 22.0 Å². The van der Waals surface area contributed by atoms with Crippen molar-refractivity contribution in [2.75, 3.05) is 11.9 Å². The molecule has 0 fully saturated rings. The minimum absolute atomic E-state index is 0.0105. The van der Waals surface area contributed by atoms with E-state index in [0.29, 0.717) is 10.2 Å². The summed E-state index contributed by atoms with van der Waals surface area (Å²) in [7, 11) is 0. The average Bonchev–Trinajstić information content (AvgIpc) is 2.19. The van der Waals surface area contributed by atoms with Crippen LogP contribution >= 0.6 is 15.9 Å². The normalized spacial score (nSPS) is 9.81. The first-order chi connectivity index (χ1) is 7.50. The van der Waals surface area contributed by atoms with E-state index in [1.54, 1.807) is 0 Å². The van der Waals surface area contributed by atoms with Gasteiger partial charge in [-0.2, -0.15) is 0 Å². The van der Waals surface area contributed by atoms with Crippen LogP contribution in [0.5, 0.6) is 0 Å². The topological polar surface area (TPSA) is 92.5 Å². The number of anilines is 1. The Morgan fingerprint density at radius 2 is 2.25 bits per heavy atom. The second-order valence-electron chi connectivity index (χ2n) is 2.99. The molecule has 0 saturated heterocycles. The highest BCUT2D eigenvalue weighted by molar-refractivity contribution is 9.10. The fourth-order valence-corrected chi connectivity index (χ4v) is 1.57. The van der Waals surface area contributed by atoms with Crippen molar-refractivity contribution in [1.82, 2.24) is 0 Å². The summed E-state index contributed by atoms with van der Waals surface area (Å²) >= 11 is 3.17. The van der Waals surface area contributed by atoms with E-state index in [2.05, 4.69) is 21.2 Å². The van der Waals surface area contributed by atoms with Gasteiger partial charge in [-0.1, -0.05) is 0 Å². The van der Waals surface area contributed by atoms with E-state index < -0.39 is 10.9 Å². The first-order valence-corrected chi connectivity index (χ1v) is 5.19. The standard InChI is InChI=1S/C9H9BrN2O4/c10-7-5-6(12(15)16)1-2-8(7)11-4-3-9(13)14/h1-2,5,11H,3-4H2,(H,13,14). The molecule has 0 amide bonds. The van der Waals surface area contributed by atoms with Crippen LogP contribution in [0.1, 0.15) is 6.42 Å². The highest BCUT2D eigenvalue weighted by atomic mass is 79.9. The van der Waals surface area contributed by atoms with Crippen molar-refractivity contribution in [3.05, 3.63) is 32.8 Å². The Morgan fingerprint density at radius 3 is 2.75 bits per heavy atom. The number of halogens is 1. The summed E-state index contributed by atoms with van der Waals surface area (Å²) < 4.78 is 0.534. The summed E-state index contributed by atoms with van der Waals surface area (Å²) in [5.74, 6) is -0.898. The van der Waals surface area contributed by atoms with Crippen LogP contribution in [-0.4, -0.2) is 22.5 Å². The van der Waals surface area contributed by atoms with Gasteiger partial charge in [-0.15, -0.1) is 0 Å². The third-order valence-corrected chi connectivity index (χ3v) is 2.47. The van der Waals surface area contributed by atoms with Gasteiger partial charge in [0, 0.05) is 28.8 Å². The maximum atomic E-state index is 10.5. The number of aliphatic carboxylic acids is 1. The van der Waals surface area contributed by atoms with Crippen LogP contribution in [0.15, 0.2) is 22.7 Å². The summed E-state index contributed by atoms with van der Waals surface area (Å²) in [6.07, 6.45) is -0.0105. The number of nitrogens with one attached hydrogen (secondary N) is 1. The summed E-state index contributed by atoms with van der Waals surface area (Å²) in [4.78, 5) is 20.2. The van der Waals surface area contributed by atoms with Gasteiger partial charge in [0.2, 0.25) is 0 Å². The molecule has 6 nitrogen and oxygen atoms in total. The number of rotatable bonds is 5. The van der Waals surface area contributed by atoms with Gasteiger partial charge in [-0.3, -0.25) is 14.9 Å². The predicted octanol–water partition coefficient (Wildman–Crippen LogP) is 2.24. The van der Waals surface area contributed by atoms with Crippen molar-refractivity contribution in [3.8, 4) is 0 Å². The van der Waals surface area contributed by atoms with Gasteiger partial charge in [0.25, 0.3) is 5.69 Å². The Hall–Kier alpha value is -1.63. The third kappa shape index (κ3) is 3.50. The van der Waals surface area contributed by atoms with E-state index in [0.717, 1.165) is 0 Å². The molecule has 0 bridgehead atoms. The van der Waals surface area contributed by atoms with Crippen LogP contribution in [0, 0.1) is 10.1 Å². The number of carbonyl (C=O) groups is 1. The van der Waals surface area contributed by atoms with E-state index in [9.17, 15) is 14.9 Å². The van der Waals surface area contributed by atoms with E-state index in [-0.39, 0.29) is 18.7 Å². The highest BCUT2D eigenvalue weighted by Crippen LogP contribution is 2.26. The quantitative estimate of drug-likeness (QED) is 0.640. The Kier molecular flexibility index (Phi) is 4.24. The molecule has 1 rings (SSSR count). The molecule has 7 heteroatoms. The van der Waals surface area contributed by atoms with Crippen LogP contribution in [-0.2, 0) is 4.79 Å². The Labute approximate surface area is 99.6 Å². The van der Waals surface area contributed by atoms with Crippen molar-refractivity contribution in [2.45, 2.75) is 6.42 Å². The number of hydrogen-bond donors (Lipinski definition) is 2. The van der Waals surface area contributed by atoms with Gasteiger partial charge in [0.1, 0.15) is 0 Å². The van der Waals surface area contributed by atoms with Crippen LogP contribution in [0.3, 0.4) is 0 Å². The molecular formula is C9H9BrN2O4. The fourth-order valence-electron chi connectivity index (χ4n) is 1.07. The molecule has 0 saturated carbocycles. The molecule has 2 N–H and O–H groups in total. The predicted molar refractivity (Wildman–Crippen MR) is 61.5 cm³/mol. The average molecular weight is 289 g/mol. The van der Waals surface area contributed by atoms with Crippen molar-refractivity contribution >= 4 is 33.3 Å². The lowest BCUT2D eigenvalue weighted by Crippen LogP contribution is -2.07. The van der Waals surface area contributed by atoms with Gasteiger partial charge in [0.05, 0.1) is 11.3 Å². The largest absolute Gasteiger partial charge is 0.481 e. The highest BCUT2D eigenvalue weighted by Gasteiger charge is 2.08. The van der Waals surface area contributed by atoms with E-state index in [4.69, 9.17) is 5.11 Å². The lowest BCUT2D eigenvalue weighted by atomic mass is 10.3. The number of nitro groups is 1. The number of nitrogens with zero attached hydrogens (tertiary/aromatic N) is 1. The fraction of sp³-hybridized carbons (Fsp3) is 0.222. The van der Waals surface area contributed by atoms with Gasteiger partial charge in [0.15, 0.2) is 0 Å². The molecule has 0 aliphatic rings. The molecule has 0 aliphatic carbocycles. The zero-order valence-corrected chi connectivity index (χ0v) is 9.73. The molecule has 16 heavy (non-hydrogen) atoms. The van der Waals surface area contributed by atoms with E-state index >= 15 is 0 Å². The van der Waals surface area contributed by atoms with Crippen molar-refractivity contribution in [1.29, 1.82) is 0 Å². The number of hydrogen-bond acceptors (Lipinski definition) is 4. The van der Waals surface area contributed by atoms with Crippen LogP contribution in [0.25, 0.3) is 0 Å². The van der Waals surface area contributed by atoms with E-state index in [1.165, 1.54) is 18.2 Å². The van der Waals surface area contributed by atoms with Crippen molar-refractivity contribution in [2.24, 2.45) is 0 Å². The molecule has 0 spiro atoms. The number of nitro benzene ring substituents is 1. The van der Waals surface area contributed by atoms with Gasteiger partial charge < -0.3 is 10.4 Å². The second-order valence-corrected chi connectivity index (χ2v) is 3.85. The number of carboxylic acid groups (broad SMARTS) is 1. The summed E-state index contributed by atoms with van der Waals surface area (Å²) in [5.41, 5.74) is 0.613. The monoisotopic (exact) mass is 288 g/mol. The van der Waals surface area contributed by atoms with E-state index in [1.807, 2.05) is 0 Å². The first kappa shape index (κ1) is 12.4. The molecule has 0 radical (unpaired) electrons. The molecule has 1 aromatic rings. The number of benzene rings is 1. The molecule has 1 aromatic carbocycles. The SMILES string of the molecule is O=C(O)CCNc1ccc([N+](=O)[O-])cc1Br. The Bertz CT molecular complexity index is 422. The molecule has 0 unspecified atom stereocenters. The number of carboxylic acids is 1. The van der Waals surface area contributed by atoms with Crippen LogP contribution in [0.2, 0.25) is 0 Å². The molecule has 0 aliphatic heterocycles. The minimum Gasteiger partial charge on any atom is -0.481 e. The lowest BCUT2D eigenvalue weighted by molar-refractivity contribution is -0.384. The number of non-ortho nitro benzene ring substituents is 1. The molecule has 0 aromatic heterocycles. The summed E-state index contributed by atoms with van der Waals surface area (Å²) in [6.45, 7) is 0.270. The molecule has 0 heterocycles. The summed E-state index contributed by atoms with van der Waals surface area (Å²) in [5, 5.41) is 21.8. The molecule has 0 atom stereocenters. The van der Waals surface area contributed by atoms with Crippen molar-refractivity contribution in [3.63, 3.8) is 0 Å². The minimum atomic E-state index is -0.898. The van der Waals surface area contributed by atoms with Gasteiger partial charge >= 0.3 is 5.97 Å². The van der Waals surface area contributed by atoms with Crippen molar-refractivity contribution < 1.29 is 14.8 Å². The lowest BCUT2D eigenvalue weighted by Gasteiger charge is -2.06. The smallest absolute Gasteiger partial charge is 0.305 e. The maximum absolute atomic E-state index is 10.5. The maximum Gasteiger partial charge on any atom is 0.305 e. The summed E-state index contributed by atoms with van der Waals surface area (Å²) in [6, 6.07) is 4.25. The Morgan fingerprint density at radius 1 is 1.56 bits per heavy atom. The second kappa shape index (κ2) is 5.45. The van der Waals surface area contributed by atoms with Crippen LogP contribution in [0.4, 0.5) is 11.4 Å². The van der Waals surface area contributed by atoms with Gasteiger partial charge in [-0.25, -0.2) is 0 Å². The third-order valence-electron chi connectivity index (χ3n) is 1.82. The zero-order valence-electron chi connectivity index (χ0n) is 8.14. The Balaban J connectivity index is 2.68. The first-order valence-electron chi connectivity index (χ1n) is 4.40. The van der Waals surface area contributed by atoms with Crippen LogP contribution < -0.4 is 5.32 Å². The molecule has 86 valence electrons. The zero-order chi connectivity index (χ0) is 12.1. The molecular weight excluding hydrogens is 280 g/mol.